The van der Waals surface area contributed by atoms with Crippen molar-refractivity contribution < 1.29 is 19.1 Å². The Morgan fingerprint density at radius 1 is 1.13 bits per heavy atom. The lowest BCUT2D eigenvalue weighted by molar-refractivity contribution is -0.143. The molecule has 0 N–H and O–H groups in total. The van der Waals surface area contributed by atoms with E-state index in [2.05, 4.69) is 0 Å². The van der Waals surface area contributed by atoms with E-state index >= 15 is 0 Å². The van der Waals surface area contributed by atoms with E-state index in [4.69, 9.17) is 16.3 Å². The van der Waals surface area contributed by atoms with Crippen LogP contribution < -0.4 is 0 Å². The molecule has 8 heteroatoms. The molecular formula is C23H19ClN2O4S. The largest absolute Gasteiger partial charge is 0.465 e. The van der Waals surface area contributed by atoms with Crippen LogP contribution in [0.15, 0.2) is 59.6 Å². The van der Waals surface area contributed by atoms with Crippen LogP contribution in [0.3, 0.4) is 0 Å². The molecule has 0 bridgehead atoms. The number of carbonyl (C=O) groups is 3. The van der Waals surface area contributed by atoms with Crippen LogP contribution in [-0.4, -0.2) is 33.2 Å². The van der Waals surface area contributed by atoms with E-state index in [1.165, 1.54) is 4.90 Å². The van der Waals surface area contributed by atoms with E-state index in [0.29, 0.717) is 16.5 Å². The fraction of sp³-hybridized carbons (Fsp3) is 0.174. The van der Waals surface area contributed by atoms with Crippen molar-refractivity contribution in [2.75, 3.05) is 6.61 Å². The van der Waals surface area contributed by atoms with Crippen molar-refractivity contribution in [1.82, 2.24) is 9.47 Å². The van der Waals surface area contributed by atoms with E-state index in [-0.39, 0.29) is 30.2 Å². The zero-order valence-corrected chi connectivity index (χ0v) is 18.3. The normalized spacial score (nSPS) is 15.3. The Bertz CT molecular complexity index is 1200. The minimum Gasteiger partial charge on any atom is -0.465 e. The first-order valence-corrected chi connectivity index (χ1v) is 10.9. The number of aromatic nitrogens is 1. The summed E-state index contributed by atoms with van der Waals surface area (Å²) in [5.74, 6) is -0.676. The number of halogens is 1. The monoisotopic (exact) mass is 454 g/mol. The first-order valence-electron chi connectivity index (χ1n) is 9.69. The van der Waals surface area contributed by atoms with Gasteiger partial charge in [0.05, 0.1) is 18.1 Å². The number of fused-ring (bicyclic) bond motifs is 1. The summed E-state index contributed by atoms with van der Waals surface area (Å²) in [6, 6.07) is 14.6. The highest BCUT2D eigenvalue weighted by Crippen LogP contribution is 2.35. The third-order valence-electron chi connectivity index (χ3n) is 4.84. The molecule has 0 spiro atoms. The van der Waals surface area contributed by atoms with Crippen LogP contribution in [0.1, 0.15) is 18.1 Å². The molecule has 6 nitrogen and oxygen atoms in total. The molecule has 0 atom stereocenters. The second kappa shape index (κ2) is 8.99. The predicted molar refractivity (Wildman–Crippen MR) is 122 cm³/mol. The first kappa shape index (κ1) is 21.2. The van der Waals surface area contributed by atoms with E-state index in [1.54, 1.807) is 48.0 Å². The fourth-order valence-electron chi connectivity index (χ4n) is 3.42. The second-order valence-corrected chi connectivity index (χ2v) is 8.36. The van der Waals surface area contributed by atoms with Crippen LogP contribution in [0.4, 0.5) is 4.79 Å². The Labute approximate surface area is 188 Å². The summed E-state index contributed by atoms with van der Waals surface area (Å²) in [5, 5.41) is 1.16. The Hall–Kier alpha value is -3.03. The number of amides is 2. The smallest absolute Gasteiger partial charge is 0.325 e. The van der Waals surface area contributed by atoms with Crippen LogP contribution in [-0.2, 0) is 27.4 Å². The Balaban J connectivity index is 1.62. The number of hydrogen-bond acceptors (Lipinski definition) is 5. The number of carbonyl (C=O) groups excluding carboxylic acids is 3. The molecule has 0 aliphatic carbocycles. The van der Waals surface area contributed by atoms with Crippen LogP contribution in [0, 0.1) is 0 Å². The number of ether oxygens (including phenoxy) is 1. The maximum Gasteiger partial charge on any atom is 0.325 e. The van der Waals surface area contributed by atoms with Crippen LogP contribution in [0.5, 0.6) is 0 Å². The molecule has 4 rings (SSSR count). The Morgan fingerprint density at radius 3 is 2.61 bits per heavy atom. The highest BCUT2D eigenvalue weighted by molar-refractivity contribution is 8.18. The van der Waals surface area contributed by atoms with E-state index in [9.17, 15) is 14.4 Å². The lowest BCUT2D eigenvalue weighted by Crippen LogP contribution is -2.27. The maximum atomic E-state index is 12.9. The molecular weight excluding hydrogens is 436 g/mol. The molecule has 1 aliphatic rings. The molecule has 3 aromatic rings. The number of esters is 1. The minimum atomic E-state index is -0.341. The average Bonchev–Trinajstić information content (AvgIpc) is 3.22. The van der Waals surface area contributed by atoms with Gasteiger partial charge in [-0.1, -0.05) is 41.9 Å². The molecule has 31 heavy (non-hydrogen) atoms. The molecule has 0 radical (unpaired) electrons. The van der Waals surface area contributed by atoms with Gasteiger partial charge < -0.3 is 9.30 Å². The number of rotatable bonds is 6. The van der Waals surface area contributed by atoms with Gasteiger partial charge in [0.1, 0.15) is 6.54 Å². The van der Waals surface area contributed by atoms with Crippen molar-refractivity contribution >= 4 is 57.5 Å². The van der Waals surface area contributed by atoms with Gasteiger partial charge in [-0.25, -0.2) is 0 Å². The fourth-order valence-corrected chi connectivity index (χ4v) is 4.37. The van der Waals surface area contributed by atoms with Crippen LogP contribution >= 0.6 is 23.4 Å². The number of benzene rings is 2. The van der Waals surface area contributed by atoms with Gasteiger partial charge in [-0.2, -0.15) is 0 Å². The summed E-state index contributed by atoms with van der Waals surface area (Å²) >= 11 is 6.82. The van der Waals surface area contributed by atoms with Crippen molar-refractivity contribution in [3.05, 3.63) is 75.8 Å². The minimum absolute atomic E-state index is 0.0697. The molecule has 0 saturated carbocycles. The van der Waals surface area contributed by atoms with Gasteiger partial charge in [0, 0.05) is 27.7 Å². The average molecular weight is 455 g/mol. The summed E-state index contributed by atoms with van der Waals surface area (Å²) in [6.07, 6.45) is 3.51. The van der Waals surface area contributed by atoms with E-state index in [1.807, 2.05) is 24.3 Å². The molecule has 1 aliphatic heterocycles. The van der Waals surface area contributed by atoms with Crippen molar-refractivity contribution in [2.24, 2.45) is 0 Å². The van der Waals surface area contributed by atoms with Gasteiger partial charge in [0.2, 0.25) is 0 Å². The molecule has 0 unspecified atom stereocenters. The van der Waals surface area contributed by atoms with Gasteiger partial charge in [-0.3, -0.25) is 19.3 Å². The highest BCUT2D eigenvalue weighted by Gasteiger charge is 2.35. The number of para-hydroxylation sites is 1. The van der Waals surface area contributed by atoms with Crippen molar-refractivity contribution in [3.8, 4) is 0 Å². The number of nitrogens with zero attached hydrogens (tertiary/aromatic N) is 2. The Morgan fingerprint density at radius 2 is 1.87 bits per heavy atom. The second-order valence-electron chi connectivity index (χ2n) is 6.93. The third kappa shape index (κ3) is 4.52. The summed E-state index contributed by atoms with van der Waals surface area (Å²) in [4.78, 5) is 38.9. The first-order chi connectivity index (χ1) is 15.0. The van der Waals surface area contributed by atoms with Gasteiger partial charge >= 0.3 is 5.97 Å². The lowest BCUT2D eigenvalue weighted by atomic mass is 10.1. The molecule has 2 aromatic carbocycles. The maximum absolute atomic E-state index is 12.9. The number of imide groups is 1. The summed E-state index contributed by atoms with van der Waals surface area (Å²) < 4.78 is 6.84. The quantitative estimate of drug-likeness (QED) is 0.383. The Kier molecular flexibility index (Phi) is 6.15. The lowest BCUT2D eigenvalue weighted by Gasteiger charge is -2.12. The van der Waals surface area contributed by atoms with Gasteiger partial charge in [0.15, 0.2) is 0 Å². The number of thioether (sulfide) groups is 1. The molecule has 1 aromatic heterocycles. The zero-order chi connectivity index (χ0) is 22.0. The van der Waals surface area contributed by atoms with E-state index in [0.717, 1.165) is 33.8 Å². The van der Waals surface area contributed by atoms with E-state index < -0.39 is 0 Å². The van der Waals surface area contributed by atoms with Crippen molar-refractivity contribution in [1.29, 1.82) is 0 Å². The topological polar surface area (TPSA) is 68.6 Å². The molecule has 1 fully saturated rings. The van der Waals surface area contributed by atoms with Crippen molar-refractivity contribution in [2.45, 2.75) is 20.0 Å². The van der Waals surface area contributed by atoms with Gasteiger partial charge in [-0.15, -0.1) is 0 Å². The number of hydrogen-bond donors (Lipinski definition) is 0. The third-order valence-corrected chi connectivity index (χ3v) is 6.00. The van der Waals surface area contributed by atoms with Crippen LogP contribution in [0.2, 0.25) is 5.02 Å². The molecule has 1 saturated heterocycles. The summed E-state index contributed by atoms with van der Waals surface area (Å²) in [6.45, 7) is 2.33. The summed E-state index contributed by atoms with van der Waals surface area (Å²) in [7, 11) is 0. The molecule has 2 amide bonds. The van der Waals surface area contributed by atoms with Crippen molar-refractivity contribution in [3.63, 3.8) is 0 Å². The van der Waals surface area contributed by atoms with Crippen LogP contribution in [0.25, 0.3) is 17.0 Å². The SMILES string of the molecule is CCOC(=O)Cn1cc(/C=C2\SC(=O)N(Cc3ccc(Cl)cc3)C2=O)c2ccccc21. The summed E-state index contributed by atoms with van der Waals surface area (Å²) in [5.41, 5.74) is 2.43. The molecule has 158 valence electrons. The standard InChI is InChI=1S/C23H19ClN2O4S/c1-2-30-21(27)14-25-13-16(18-5-3-4-6-19(18)25)11-20-22(28)26(23(29)31-20)12-15-7-9-17(24)10-8-15/h3-11,13H,2,12,14H2,1H3/b20-11-. The highest BCUT2D eigenvalue weighted by atomic mass is 35.5. The zero-order valence-electron chi connectivity index (χ0n) is 16.7. The predicted octanol–water partition coefficient (Wildman–Crippen LogP) is 5.09. The molecule has 2 heterocycles. The van der Waals surface area contributed by atoms with Gasteiger partial charge in [-0.05, 0) is 48.5 Å². The van der Waals surface area contributed by atoms with Gasteiger partial charge in [0.25, 0.3) is 11.1 Å².